The Morgan fingerprint density at radius 2 is 1.74 bits per heavy atom. The summed E-state index contributed by atoms with van der Waals surface area (Å²) in [6.07, 6.45) is -4.46. The Balaban J connectivity index is 1.45. The lowest BCUT2D eigenvalue weighted by Gasteiger charge is -2.36. The van der Waals surface area contributed by atoms with E-state index in [1.807, 2.05) is 24.3 Å². The van der Waals surface area contributed by atoms with Crippen LogP contribution in [0, 0.1) is 0 Å². The molecule has 1 aliphatic rings. The maximum absolute atomic E-state index is 13.3. The van der Waals surface area contributed by atoms with Crippen molar-refractivity contribution in [1.82, 2.24) is 19.9 Å². The first-order chi connectivity index (χ1) is 12.9. The number of benzene rings is 1. The van der Waals surface area contributed by atoms with Gasteiger partial charge < -0.3 is 9.88 Å². The number of nitrogens with zero attached hydrogens (tertiary/aromatic N) is 4. The van der Waals surface area contributed by atoms with Gasteiger partial charge in [0.1, 0.15) is 16.8 Å². The third kappa shape index (κ3) is 3.86. The predicted molar refractivity (Wildman–Crippen MR) is 97.8 cm³/mol. The van der Waals surface area contributed by atoms with Crippen LogP contribution in [0.25, 0.3) is 11.0 Å². The molecule has 0 aliphatic carbocycles. The number of nitrogens with one attached hydrogen (secondary N) is 1. The molecule has 5 nitrogen and oxygen atoms in total. The molecule has 3 aromatic rings. The van der Waals surface area contributed by atoms with Gasteiger partial charge >= 0.3 is 6.18 Å². The van der Waals surface area contributed by atoms with Crippen molar-refractivity contribution in [2.24, 2.45) is 0 Å². The summed E-state index contributed by atoms with van der Waals surface area (Å²) in [5.41, 5.74) is 1.13. The van der Waals surface area contributed by atoms with Gasteiger partial charge in [-0.3, -0.25) is 4.90 Å². The van der Waals surface area contributed by atoms with Gasteiger partial charge in [-0.05, 0) is 24.3 Å². The van der Waals surface area contributed by atoms with Crippen molar-refractivity contribution in [3.8, 4) is 0 Å². The molecule has 1 fully saturated rings. The van der Waals surface area contributed by atoms with Gasteiger partial charge in [0.15, 0.2) is 0 Å². The van der Waals surface area contributed by atoms with Crippen LogP contribution in [0.15, 0.2) is 36.4 Å². The van der Waals surface area contributed by atoms with Crippen molar-refractivity contribution in [1.29, 1.82) is 0 Å². The number of para-hydroxylation sites is 2. The number of rotatable bonds is 3. The van der Waals surface area contributed by atoms with Crippen LogP contribution < -0.4 is 4.90 Å². The predicted octanol–water partition coefficient (Wildman–Crippen LogP) is 3.95. The third-order valence-corrected chi connectivity index (χ3v) is 4.84. The molecule has 1 N–H and O–H groups in total. The number of anilines is 1. The average Bonchev–Trinajstić information content (AvgIpc) is 3.03. The highest BCUT2D eigenvalue weighted by molar-refractivity contribution is 6.29. The zero-order valence-electron chi connectivity index (χ0n) is 14.3. The van der Waals surface area contributed by atoms with E-state index in [0.717, 1.165) is 22.9 Å². The first-order valence-corrected chi connectivity index (χ1v) is 8.92. The maximum atomic E-state index is 13.3. The Morgan fingerprint density at radius 1 is 1.00 bits per heavy atom. The van der Waals surface area contributed by atoms with Crippen LogP contribution in [-0.4, -0.2) is 46.0 Å². The number of H-pyrrole nitrogens is 1. The highest BCUT2D eigenvalue weighted by Crippen LogP contribution is 2.36. The number of hydrogen-bond donors (Lipinski definition) is 1. The Hall–Kier alpha value is -2.32. The van der Waals surface area contributed by atoms with Crippen LogP contribution in [0.2, 0.25) is 5.15 Å². The minimum atomic E-state index is -4.46. The molecule has 4 rings (SSSR count). The number of alkyl halides is 3. The number of piperazine rings is 1. The van der Waals surface area contributed by atoms with Gasteiger partial charge in [-0.15, -0.1) is 0 Å². The summed E-state index contributed by atoms with van der Waals surface area (Å²) >= 11 is 5.83. The zero-order valence-corrected chi connectivity index (χ0v) is 15.1. The van der Waals surface area contributed by atoms with Gasteiger partial charge in [0.05, 0.1) is 23.1 Å². The van der Waals surface area contributed by atoms with Gasteiger partial charge in [-0.1, -0.05) is 23.7 Å². The Kier molecular flexibility index (Phi) is 4.69. The fraction of sp³-hybridized carbons (Fsp3) is 0.333. The van der Waals surface area contributed by atoms with Crippen LogP contribution in [0.4, 0.5) is 19.0 Å². The molecule has 0 bridgehead atoms. The van der Waals surface area contributed by atoms with E-state index in [-0.39, 0.29) is 11.0 Å². The molecular weight excluding hydrogens is 379 g/mol. The molecule has 1 aromatic carbocycles. The van der Waals surface area contributed by atoms with Crippen LogP contribution in [0.3, 0.4) is 0 Å². The van der Waals surface area contributed by atoms with Gasteiger partial charge in [0.25, 0.3) is 0 Å². The number of halogens is 4. The van der Waals surface area contributed by atoms with Gasteiger partial charge in [0.2, 0.25) is 0 Å². The number of imidazole rings is 1. The van der Waals surface area contributed by atoms with E-state index in [1.165, 1.54) is 6.07 Å². The Morgan fingerprint density at radius 3 is 2.44 bits per heavy atom. The fourth-order valence-corrected chi connectivity index (χ4v) is 3.44. The van der Waals surface area contributed by atoms with Crippen molar-refractivity contribution in [3.63, 3.8) is 0 Å². The molecule has 1 saturated heterocycles. The molecule has 0 atom stereocenters. The molecule has 0 spiro atoms. The minimum Gasteiger partial charge on any atom is -0.353 e. The van der Waals surface area contributed by atoms with E-state index < -0.39 is 11.7 Å². The van der Waals surface area contributed by atoms with Gasteiger partial charge in [-0.25, -0.2) is 9.97 Å². The normalized spacial score (nSPS) is 16.2. The Labute approximate surface area is 158 Å². The minimum absolute atomic E-state index is 0.0581. The number of fused-ring (bicyclic) bond motifs is 1. The van der Waals surface area contributed by atoms with E-state index in [0.29, 0.717) is 32.7 Å². The molecule has 142 valence electrons. The Bertz CT molecular complexity index is 915. The lowest BCUT2D eigenvalue weighted by atomic mass is 10.2. The molecule has 0 unspecified atom stereocenters. The summed E-state index contributed by atoms with van der Waals surface area (Å²) in [5.74, 6) is 0.750. The monoisotopic (exact) mass is 395 g/mol. The summed E-state index contributed by atoms with van der Waals surface area (Å²) in [4.78, 5) is 15.6. The van der Waals surface area contributed by atoms with Crippen LogP contribution >= 0.6 is 11.6 Å². The average molecular weight is 396 g/mol. The van der Waals surface area contributed by atoms with Crippen molar-refractivity contribution < 1.29 is 13.2 Å². The maximum Gasteiger partial charge on any atom is 0.419 e. The van der Waals surface area contributed by atoms with E-state index in [4.69, 9.17) is 11.6 Å². The van der Waals surface area contributed by atoms with Crippen LogP contribution in [0.5, 0.6) is 0 Å². The smallest absolute Gasteiger partial charge is 0.353 e. The van der Waals surface area contributed by atoms with Gasteiger partial charge in [-0.2, -0.15) is 13.2 Å². The number of pyridine rings is 1. The molecule has 0 saturated carbocycles. The summed E-state index contributed by atoms with van der Waals surface area (Å²) in [5, 5.41) is 0.0581. The van der Waals surface area contributed by atoms with E-state index in [9.17, 15) is 13.2 Å². The summed E-state index contributed by atoms with van der Waals surface area (Å²) in [6, 6.07) is 9.95. The second-order valence-electron chi connectivity index (χ2n) is 6.47. The molecule has 2 aromatic heterocycles. The zero-order chi connectivity index (χ0) is 19.0. The lowest BCUT2D eigenvalue weighted by molar-refractivity contribution is -0.137. The number of aromatic nitrogens is 3. The highest BCUT2D eigenvalue weighted by Gasteiger charge is 2.36. The quantitative estimate of drug-likeness (QED) is 0.682. The van der Waals surface area contributed by atoms with Crippen molar-refractivity contribution in [3.05, 3.63) is 52.9 Å². The van der Waals surface area contributed by atoms with Crippen molar-refractivity contribution >= 4 is 28.5 Å². The molecule has 27 heavy (non-hydrogen) atoms. The molecule has 9 heteroatoms. The van der Waals surface area contributed by atoms with Gasteiger partial charge in [0, 0.05) is 26.2 Å². The lowest BCUT2D eigenvalue weighted by Crippen LogP contribution is -2.47. The fourth-order valence-electron chi connectivity index (χ4n) is 3.30. The van der Waals surface area contributed by atoms with Crippen LogP contribution in [0.1, 0.15) is 11.4 Å². The molecule has 0 amide bonds. The second kappa shape index (κ2) is 7.01. The standard InChI is InChI=1S/C18H17ClF3N5/c19-15-6-5-12(18(20,21)22)17(25-15)27-9-7-26(8-10-27)11-16-23-13-3-1-2-4-14(13)24-16/h1-6H,7-11H2,(H,23,24). The molecule has 0 radical (unpaired) electrons. The third-order valence-electron chi connectivity index (χ3n) is 4.63. The number of hydrogen-bond acceptors (Lipinski definition) is 4. The molecule has 3 heterocycles. The van der Waals surface area contributed by atoms with E-state index in [1.54, 1.807) is 4.90 Å². The summed E-state index contributed by atoms with van der Waals surface area (Å²) < 4.78 is 39.8. The largest absolute Gasteiger partial charge is 0.419 e. The van der Waals surface area contributed by atoms with E-state index >= 15 is 0 Å². The van der Waals surface area contributed by atoms with Crippen LogP contribution in [-0.2, 0) is 12.7 Å². The summed E-state index contributed by atoms with van der Waals surface area (Å²) in [6.45, 7) is 2.73. The number of aromatic amines is 1. The topological polar surface area (TPSA) is 48.1 Å². The van der Waals surface area contributed by atoms with E-state index in [2.05, 4.69) is 19.9 Å². The molecular formula is C18H17ClF3N5. The molecule has 1 aliphatic heterocycles. The first-order valence-electron chi connectivity index (χ1n) is 8.55. The van der Waals surface area contributed by atoms with Crippen molar-refractivity contribution in [2.75, 3.05) is 31.1 Å². The van der Waals surface area contributed by atoms with Crippen molar-refractivity contribution in [2.45, 2.75) is 12.7 Å². The first kappa shape index (κ1) is 18.1. The SMILES string of the molecule is FC(F)(F)c1ccc(Cl)nc1N1CCN(Cc2nc3ccccc3[nH]2)CC1. The highest BCUT2D eigenvalue weighted by atomic mass is 35.5. The second-order valence-corrected chi connectivity index (χ2v) is 6.85. The summed E-state index contributed by atoms with van der Waals surface area (Å²) in [7, 11) is 0.